The number of rotatable bonds is 7. The van der Waals surface area contributed by atoms with Crippen molar-refractivity contribution >= 4 is 34.7 Å². The monoisotopic (exact) mass is 368 g/mol. The maximum atomic E-state index is 10.7. The van der Waals surface area contributed by atoms with Crippen molar-refractivity contribution in [3.63, 3.8) is 0 Å². The molecular weight excluding hydrogens is 348 g/mol. The highest BCUT2D eigenvalue weighted by Gasteiger charge is 2.36. The number of imidazole rings is 1. The summed E-state index contributed by atoms with van der Waals surface area (Å²) in [6.45, 7) is 0. The number of aliphatic hydroxyl groups is 1. The molecule has 6 N–H and O–H groups in total. The second-order valence-corrected chi connectivity index (χ2v) is 6.99. The predicted octanol–water partition coefficient (Wildman–Crippen LogP) is -0.408. The first-order valence-electron chi connectivity index (χ1n) is 7.80. The first kappa shape index (κ1) is 17.9. The molecule has 1 fully saturated rings. The van der Waals surface area contributed by atoms with E-state index in [1.165, 1.54) is 12.7 Å². The molecule has 2 aromatic heterocycles. The average molecular weight is 368 g/mol. The van der Waals surface area contributed by atoms with Crippen LogP contribution in [0.15, 0.2) is 12.7 Å². The predicted molar refractivity (Wildman–Crippen MR) is 91.8 cm³/mol. The van der Waals surface area contributed by atoms with E-state index in [1.807, 2.05) is 0 Å². The van der Waals surface area contributed by atoms with E-state index in [1.54, 1.807) is 16.3 Å². The van der Waals surface area contributed by atoms with Crippen molar-refractivity contribution in [3.05, 3.63) is 12.7 Å². The molecule has 0 bridgehead atoms. The van der Waals surface area contributed by atoms with Crippen LogP contribution in [0.2, 0.25) is 0 Å². The highest BCUT2D eigenvalue weighted by Crippen LogP contribution is 2.32. The van der Waals surface area contributed by atoms with Gasteiger partial charge in [-0.3, -0.25) is 9.36 Å². The molecule has 0 radical (unpaired) electrons. The van der Waals surface area contributed by atoms with Gasteiger partial charge in [0.1, 0.15) is 24.0 Å². The number of carbonyl (C=O) groups is 1. The fraction of sp³-hybridized carbons (Fsp3) is 0.571. The summed E-state index contributed by atoms with van der Waals surface area (Å²) in [4.78, 5) is 22.9. The van der Waals surface area contributed by atoms with Crippen LogP contribution in [0.4, 0.5) is 5.82 Å². The van der Waals surface area contributed by atoms with Gasteiger partial charge >= 0.3 is 5.97 Å². The van der Waals surface area contributed by atoms with Gasteiger partial charge in [0.05, 0.1) is 12.4 Å². The molecule has 3 heterocycles. The smallest absolute Gasteiger partial charge is 0.320 e. The SMILES string of the molecule is Nc1ncnc2c1ncn2[C@@H]1O[C@H](CSCCC(N)C(=O)O)C[C@H]1O. The van der Waals surface area contributed by atoms with E-state index in [4.69, 9.17) is 21.3 Å². The zero-order chi connectivity index (χ0) is 18.0. The fourth-order valence-corrected chi connectivity index (χ4v) is 3.76. The molecule has 0 spiro atoms. The number of nitrogens with zero attached hydrogens (tertiary/aromatic N) is 4. The van der Waals surface area contributed by atoms with Crippen LogP contribution in [0.1, 0.15) is 19.1 Å². The van der Waals surface area contributed by atoms with Crippen molar-refractivity contribution in [2.24, 2.45) is 5.73 Å². The summed E-state index contributed by atoms with van der Waals surface area (Å²) in [6, 6.07) is -0.849. The summed E-state index contributed by atoms with van der Waals surface area (Å²) in [5.41, 5.74) is 12.2. The number of carboxylic acid groups (broad SMARTS) is 1. The molecule has 136 valence electrons. The van der Waals surface area contributed by atoms with E-state index < -0.39 is 24.3 Å². The number of hydrogen-bond donors (Lipinski definition) is 4. The Kier molecular flexibility index (Phi) is 5.37. The Labute approximate surface area is 147 Å². The minimum atomic E-state index is -0.999. The van der Waals surface area contributed by atoms with Gasteiger partial charge in [-0.2, -0.15) is 11.8 Å². The van der Waals surface area contributed by atoms with Gasteiger partial charge in [0, 0.05) is 12.2 Å². The number of nitrogen functional groups attached to an aromatic ring is 1. The Morgan fingerprint density at radius 3 is 3.04 bits per heavy atom. The number of thioether (sulfide) groups is 1. The molecule has 10 nitrogen and oxygen atoms in total. The van der Waals surface area contributed by atoms with Crippen LogP contribution < -0.4 is 11.5 Å². The Bertz CT molecular complexity index is 756. The number of aliphatic hydroxyl groups excluding tert-OH is 1. The number of hydrogen-bond acceptors (Lipinski definition) is 9. The first-order chi connectivity index (χ1) is 12.0. The molecule has 25 heavy (non-hydrogen) atoms. The lowest BCUT2D eigenvalue weighted by atomic mass is 10.2. The van der Waals surface area contributed by atoms with E-state index in [0.717, 1.165) is 0 Å². The van der Waals surface area contributed by atoms with Crippen LogP contribution in [-0.2, 0) is 9.53 Å². The minimum Gasteiger partial charge on any atom is -0.480 e. The number of aliphatic carboxylic acids is 1. The standard InChI is InChI=1S/C14H20N6O4S/c15-8(14(22)23)1-2-25-4-7-3-9(21)13(24-7)20-6-19-10-11(16)17-5-18-12(10)20/h5-9,13,21H,1-4,15H2,(H,22,23)(H2,16,17,18)/t7-,8?,9+,13+/m0/s1. The summed E-state index contributed by atoms with van der Waals surface area (Å²) < 4.78 is 7.58. The average Bonchev–Trinajstić information content (AvgIpc) is 3.15. The summed E-state index contributed by atoms with van der Waals surface area (Å²) in [5.74, 6) is 0.537. The van der Waals surface area contributed by atoms with Crippen molar-refractivity contribution < 1.29 is 19.7 Å². The second kappa shape index (κ2) is 7.52. The Balaban J connectivity index is 1.58. The normalized spacial score (nSPS) is 24.6. The Morgan fingerprint density at radius 1 is 1.48 bits per heavy atom. The third-order valence-electron chi connectivity index (χ3n) is 4.02. The fourth-order valence-electron chi connectivity index (χ4n) is 2.69. The van der Waals surface area contributed by atoms with Gasteiger partial charge < -0.3 is 26.4 Å². The van der Waals surface area contributed by atoms with Crippen molar-refractivity contribution in [2.45, 2.75) is 37.3 Å². The van der Waals surface area contributed by atoms with Crippen LogP contribution in [-0.4, -0.2) is 65.5 Å². The number of ether oxygens (including phenoxy) is 1. The molecule has 0 amide bonds. The number of anilines is 1. The van der Waals surface area contributed by atoms with Gasteiger partial charge in [0.2, 0.25) is 0 Å². The van der Waals surface area contributed by atoms with Crippen molar-refractivity contribution in [2.75, 3.05) is 17.2 Å². The summed E-state index contributed by atoms with van der Waals surface area (Å²) in [6.07, 6.45) is 2.31. The van der Waals surface area contributed by atoms with Crippen LogP contribution >= 0.6 is 11.8 Å². The highest BCUT2D eigenvalue weighted by atomic mass is 32.2. The van der Waals surface area contributed by atoms with E-state index in [-0.39, 0.29) is 11.9 Å². The molecule has 1 aliphatic rings. The molecule has 1 aliphatic heterocycles. The molecule has 4 atom stereocenters. The topological polar surface area (TPSA) is 162 Å². The molecule has 0 aromatic carbocycles. The number of fused-ring (bicyclic) bond motifs is 1. The number of nitrogens with two attached hydrogens (primary N) is 2. The molecule has 0 aliphatic carbocycles. The first-order valence-corrected chi connectivity index (χ1v) is 8.95. The molecule has 0 saturated carbocycles. The third-order valence-corrected chi connectivity index (χ3v) is 5.15. The van der Waals surface area contributed by atoms with E-state index >= 15 is 0 Å². The van der Waals surface area contributed by atoms with E-state index in [2.05, 4.69) is 15.0 Å². The third kappa shape index (κ3) is 3.84. The zero-order valence-corrected chi connectivity index (χ0v) is 14.2. The van der Waals surface area contributed by atoms with Crippen LogP contribution in [0.25, 0.3) is 11.2 Å². The Morgan fingerprint density at radius 2 is 2.28 bits per heavy atom. The van der Waals surface area contributed by atoms with Gasteiger partial charge in [-0.15, -0.1) is 0 Å². The van der Waals surface area contributed by atoms with E-state index in [0.29, 0.717) is 35.5 Å². The lowest BCUT2D eigenvalue weighted by molar-refractivity contribution is -0.138. The summed E-state index contributed by atoms with van der Waals surface area (Å²) in [7, 11) is 0. The molecule has 2 aromatic rings. The molecule has 1 saturated heterocycles. The van der Waals surface area contributed by atoms with Crippen LogP contribution in [0.3, 0.4) is 0 Å². The highest BCUT2D eigenvalue weighted by molar-refractivity contribution is 7.99. The molecule has 1 unspecified atom stereocenters. The second-order valence-electron chi connectivity index (χ2n) is 5.84. The quantitative estimate of drug-likeness (QED) is 0.472. The number of carboxylic acids is 1. The van der Waals surface area contributed by atoms with Gasteiger partial charge in [-0.05, 0) is 12.2 Å². The maximum absolute atomic E-state index is 10.7. The Hall–Kier alpha value is -1.95. The van der Waals surface area contributed by atoms with Gasteiger partial charge in [-0.25, -0.2) is 15.0 Å². The van der Waals surface area contributed by atoms with Crippen LogP contribution in [0.5, 0.6) is 0 Å². The maximum Gasteiger partial charge on any atom is 0.320 e. The lowest BCUT2D eigenvalue weighted by Gasteiger charge is -2.16. The van der Waals surface area contributed by atoms with Crippen molar-refractivity contribution in [1.29, 1.82) is 0 Å². The summed E-state index contributed by atoms with van der Waals surface area (Å²) >= 11 is 1.55. The minimum absolute atomic E-state index is 0.150. The molecular formula is C14H20N6O4S. The molecule has 3 rings (SSSR count). The summed E-state index contributed by atoms with van der Waals surface area (Å²) in [5, 5.41) is 19.1. The van der Waals surface area contributed by atoms with Crippen LogP contribution in [0, 0.1) is 0 Å². The van der Waals surface area contributed by atoms with Gasteiger partial charge in [0.15, 0.2) is 17.7 Å². The van der Waals surface area contributed by atoms with Gasteiger partial charge in [-0.1, -0.05) is 0 Å². The largest absolute Gasteiger partial charge is 0.480 e. The van der Waals surface area contributed by atoms with Crippen molar-refractivity contribution in [1.82, 2.24) is 19.5 Å². The van der Waals surface area contributed by atoms with E-state index in [9.17, 15) is 9.90 Å². The molecule has 11 heteroatoms. The lowest BCUT2D eigenvalue weighted by Crippen LogP contribution is -2.30. The number of aromatic nitrogens is 4. The van der Waals surface area contributed by atoms with Crippen molar-refractivity contribution in [3.8, 4) is 0 Å². The zero-order valence-electron chi connectivity index (χ0n) is 13.4. The van der Waals surface area contributed by atoms with Gasteiger partial charge in [0.25, 0.3) is 0 Å².